The van der Waals surface area contributed by atoms with Crippen molar-refractivity contribution in [3.63, 3.8) is 0 Å². The summed E-state index contributed by atoms with van der Waals surface area (Å²) in [6, 6.07) is 6.27. The number of terminal acetylenes is 1. The Morgan fingerprint density at radius 1 is 1.12 bits per heavy atom. The zero-order valence-electron chi connectivity index (χ0n) is 12.8. The number of rotatable bonds is 3. The van der Waals surface area contributed by atoms with Crippen LogP contribution in [0.2, 0.25) is 0 Å². The van der Waals surface area contributed by atoms with Crippen molar-refractivity contribution in [3.8, 4) is 12.3 Å². The summed E-state index contributed by atoms with van der Waals surface area (Å²) in [5.41, 5.74) is 0.822. The average Bonchev–Trinajstić information content (AvgIpc) is 3.27. The maximum Gasteiger partial charge on any atom is 0.339 e. The summed E-state index contributed by atoms with van der Waals surface area (Å²) in [6.45, 7) is -0.0944. The number of allylic oxidation sites excluding steroid dienone is 2. The van der Waals surface area contributed by atoms with E-state index in [1.54, 1.807) is 12.1 Å². The van der Waals surface area contributed by atoms with Crippen molar-refractivity contribution in [2.75, 3.05) is 11.5 Å². The van der Waals surface area contributed by atoms with Crippen LogP contribution in [0, 0.1) is 36.0 Å². The summed E-state index contributed by atoms with van der Waals surface area (Å²) >= 11 is 0. The van der Waals surface area contributed by atoms with Crippen LogP contribution >= 0.6 is 0 Å². The normalized spacial score (nSPS) is 29.7. The maximum atomic E-state index is 12.7. The van der Waals surface area contributed by atoms with Gasteiger partial charge in [0.15, 0.2) is 6.61 Å². The first kappa shape index (κ1) is 14.7. The number of anilines is 1. The third-order valence-electron chi connectivity index (χ3n) is 5.12. The summed E-state index contributed by atoms with van der Waals surface area (Å²) in [4.78, 5) is 38.4. The second-order valence-corrected chi connectivity index (χ2v) is 6.34. The number of benzene rings is 1. The Kier molecular flexibility index (Phi) is 3.27. The van der Waals surface area contributed by atoms with Gasteiger partial charge in [-0.15, -0.1) is 6.42 Å². The zero-order chi connectivity index (χ0) is 16.8. The van der Waals surface area contributed by atoms with Gasteiger partial charge in [-0.2, -0.15) is 0 Å². The molecular formula is C19H15NO4. The molecule has 0 N–H and O–H groups in total. The van der Waals surface area contributed by atoms with Crippen LogP contribution in [0.15, 0.2) is 36.4 Å². The molecule has 120 valence electrons. The molecule has 0 unspecified atom stereocenters. The molecule has 2 aliphatic carbocycles. The highest BCUT2D eigenvalue weighted by Crippen LogP contribution is 2.53. The molecule has 1 aromatic carbocycles. The van der Waals surface area contributed by atoms with Gasteiger partial charge < -0.3 is 4.74 Å². The Morgan fingerprint density at radius 3 is 2.25 bits per heavy atom. The molecule has 1 aliphatic heterocycles. The quantitative estimate of drug-likeness (QED) is 0.368. The fraction of sp³-hybridized carbons (Fsp3) is 0.316. The Morgan fingerprint density at radius 2 is 1.71 bits per heavy atom. The van der Waals surface area contributed by atoms with Crippen molar-refractivity contribution >= 4 is 23.5 Å². The minimum atomic E-state index is -0.530. The van der Waals surface area contributed by atoms with Gasteiger partial charge in [0.25, 0.3) is 0 Å². The zero-order valence-corrected chi connectivity index (χ0v) is 12.8. The third-order valence-corrected chi connectivity index (χ3v) is 5.12. The summed E-state index contributed by atoms with van der Waals surface area (Å²) < 4.78 is 4.85. The van der Waals surface area contributed by atoms with Crippen molar-refractivity contribution < 1.29 is 19.1 Å². The van der Waals surface area contributed by atoms with Gasteiger partial charge in [-0.25, -0.2) is 4.79 Å². The van der Waals surface area contributed by atoms with E-state index < -0.39 is 5.97 Å². The SMILES string of the molecule is C#CCOC(=O)c1ccc(N2C(=O)[C@@H]3[C@H](C2=O)[C@H]2C=C[C@H]3C2)cc1. The topological polar surface area (TPSA) is 63.7 Å². The molecule has 5 heteroatoms. The molecule has 0 aromatic heterocycles. The molecule has 3 aliphatic rings. The van der Waals surface area contributed by atoms with Crippen LogP contribution in [0.3, 0.4) is 0 Å². The molecular weight excluding hydrogens is 306 g/mol. The number of esters is 1. The number of amides is 2. The molecule has 0 spiro atoms. The van der Waals surface area contributed by atoms with E-state index in [0.29, 0.717) is 11.3 Å². The monoisotopic (exact) mass is 321 g/mol. The van der Waals surface area contributed by atoms with Gasteiger partial charge in [0.05, 0.1) is 23.1 Å². The van der Waals surface area contributed by atoms with E-state index in [9.17, 15) is 14.4 Å². The van der Waals surface area contributed by atoms with Gasteiger partial charge in [0, 0.05) is 0 Å². The molecule has 2 bridgehead atoms. The van der Waals surface area contributed by atoms with E-state index in [0.717, 1.165) is 6.42 Å². The first-order valence-corrected chi connectivity index (χ1v) is 7.88. The first-order chi connectivity index (χ1) is 11.6. The summed E-state index contributed by atoms with van der Waals surface area (Å²) in [7, 11) is 0. The predicted molar refractivity (Wildman–Crippen MR) is 85.8 cm³/mol. The molecule has 5 nitrogen and oxygen atoms in total. The lowest BCUT2D eigenvalue weighted by molar-refractivity contribution is -0.123. The molecule has 1 aromatic rings. The van der Waals surface area contributed by atoms with Crippen molar-refractivity contribution in [2.45, 2.75) is 6.42 Å². The van der Waals surface area contributed by atoms with Gasteiger partial charge in [-0.05, 0) is 42.5 Å². The molecule has 2 amide bonds. The molecule has 1 saturated heterocycles. The highest BCUT2D eigenvalue weighted by Gasteiger charge is 2.59. The number of hydrogen-bond donors (Lipinski definition) is 0. The number of carbonyl (C=O) groups is 3. The molecule has 4 atom stereocenters. The molecule has 1 heterocycles. The highest BCUT2D eigenvalue weighted by atomic mass is 16.5. The van der Waals surface area contributed by atoms with E-state index in [1.165, 1.54) is 17.0 Å². The Hall–Kier alpha value is -2.87. The lowest BCUT2D eigenvalue weighted by Gasteiger charge is -2.17. The van der Waals surface area contributed by atoms with E-state index in [2.05, 4.69) is 18.1 Å². The molecule has 24 heavy (non-hydrogen) atoms. The van der Waals surface area contributed by atoms with Crippen LogP contribution < -0.4 is 4.90 Å². The predicted octanol–water partition coefficient (Wildman–Crippen LogP) is 1.79. The van der Waals surface area contributed by atoms with Gasteiger partial charge in [-0.1, -0.05) is 18.1 Å². The van der Waals surface area contributed by atoms with Crippen LogP contribution in [0.5, 0.6) is 0 Å². The van der Waals surface area contributed by atoms with Crippen LogP contribution in [-0.4, -0.2) is 24.4 Å². The first-order valence-electron chi connectivity index (χ1n) is 7.88. The number of imide groups is 1. The fourth-order valence-electron chi connectivity index (χ4n) is 4.09. The number of ether oxygens (including phenoxy) is 1. The van der Waals surface area contributed by atoms with Gasteiger partial charge in [-0.3, -0.25) is 14.5 Å². The van der Waals surface area contributed by atoms with Crippen molar-refractivity contribution in [1.82, 2.24) is 0 Å². The second-order valence-electron chi connectivity index (χ2n) is 6.34. The Bertz CT molecular complexity index is 772. The largest absolute Gasteiger partial charge is 0.449 e. The molecule has 1 saturated carbocycles. The standard InChI is InChI=1S/C19H15NO4/c1-2-9-24-19(23)11-5-7-14(8-6-11)20-17(21)15-12-3-4-13(10-12)16(15)18(20)22/h1,3-8,12-13,15-16H,9-10H2/t12-,13-,15-,16+/m0/s1. The minimum absolute atomic E-state index is 0.0944. The average molecular weight is 321 g/mol. The van der Waals surface area contributed by atoms with Gasteiger partial charge in [0.1, 0.15) is 0 Å². The summed E-state index contributed by atoms with van der Waals surface area (Å²) in [6.07, 6.45) is 10.1. The fourth-order valence-corrected chi connectivity index (χ4v) is 4.09. The number of nitrogens with zero attached hydrogens (tertiary/aromatic N) is 1. The van der Waals surface area contributed by atoms with E-state index in [-0.39, 0.29) is 42.1 Å². The van der Waals surface area contributed by atoms with Gasteiger partial charge >= 0.3 is 5.97 Å². The van der Waals surface area contributed by atoms with Gasteiger partial charge in [0.2, 0.25) is 11.8 Å². The van der Waals surface area contributed by atoms with Crippen molar-refractivity contribution in [3.05, 3.63) is 42.0 Å². The molecule has 4 rings (SSSR count). The smallest absolute Gasteiger partial charge is 0.339 e. The third kappa shape index (κ3) is 2.00. The Labute approximate surface area is 139 Å². The van der Waals surface area contributed by atoms with E-state index >= 15 is 0 Å². The van der Waals surface area contributed by atoms with Crippen LogP contribution in [0.1, 0.15) is 16.8 Å². The van der Waals surface area contributed by atoms with Crippen LogP contribution in [0.4, 0.5) is 5.69 Å². The number of carbonyl (C=O) groups excluding carboxylic acids is 3. The van der Waals surface area contributed by atoms with E-state index in [4.69, 9.17) is 11.2 Å². The van der Waals surface area contributed by atoms with E-state index in [1.807, 2.05) is 0 Å². The summed E-state index contributed by atoms with van der Waals surface area (Å²) in [5, 5.41) is 0. The Balaban J connectivity index is 1.57. The highest BCUT2D eigenvalue weighted by molar-refractivity contribution is 6.22. The van der Waals surface area contributed by atoms with Crippen LogP contribution in [-0.2, 0) is 14.3 Å². The maximum absolute atomic E-state index is 12.7. The van der Waals surface area contributed by atoms with Crippen LogP contribution in [0.25, 0.3) is 0 Å². The van der Waals surface area contributed by atoms with Crippen molar-refractivity contribution in [2.24, 2.45) is 23.7 Å². The summed E-state index contributed by atoms with van der Waals surface area (Å²) in [5.74, 6) is 1.33. The minimum Gasteiger partial charge on any atom is -0.449 e. The number of hydrogen-bond acceptors (Lipinski definition) is 4. The second kappa shape index (κ2) is 5.34. The van der Waals surface area contributed by atoms with Crippen molar-refractivity contribution in [1.29, 1.82) is 0 Å². The molecule has 2 fully saturated rings. The lowest BCUT2D eigenvalue weighted by Crippen LogP contribution is -2.32. The lowest BCUT2D eigenvalue weighted by atomic mass is 9.85. The molecule has 0 radical (unpaired) electrons. The number of fused-ring (bicyclic) bond motifs is 5.